The molecule has 1 aliphatic heterocycles. The van der Waals surface area contributed by atoms with Gasteiger partial charge in [-0.1, -0.05) is 12.8 Å². The maximum Gasteiger partial charge on any atom is 0.191 e. The zero-order valence-electron chi connectivity index (χ0n) is 15.7. The predicted octanol–water partition coefficient (Wildman–Crippen LogP) is 3.11. The van der Waals surface area contributed by atoms with Crippen LogP contribution in [-0.4, -0.2) is 51.0 Å². The molecule has 3 rings (SSSR count). The molecule has 1 atom stereocenters. The Morgan fingerprint density at radius 2 is 2.23 bits per heavy atom. The SMILES string of the molecule is COCCN=C(NCCc1ccco1)NC1CCOC2(CCCC2)C1.I. The lowest BCUT2D eigenvalue weighted by Gasteiger charge is -2.39. The van der Waals surface area contributed by atoms with Gasteiger partial charge in [0.05, 0.1) is 25.0 Å². The fourth-order valence-electron chi connectivity index (χ4n) is 3.87. The quantitative estimate of drug-likeness (QED) is 0.274. The molecular formula is C19H32IN3O3. The van der Waals surface area contributed by atoms with Crippen LogP contribution in [0.15, 0.2) is 27.8 Å². The van der Waals surface area contributed by atoms with Crippen LogP contribution in [0.3, 0.4) is 0 Å². The van der Waals surface area contributed by atoms with Crippen LogP contribution in [0.5, 0.6) is 0 Å². The molecule has 7 heteroatoms. The first kappa shape index (κ1) is 21.5. The van der Waals surface area contributed by atoms with Gasteiger partial charge in [0.25, 0.3) is 0 Å². The van der Waals surface area contributed by atoms with Crippen molar-refractivity contribution in [2.24, 2.45) is 4.99 Å². The van der Waals surface area contributed by atoms with Gasteiger partial charge < -0.3 is 24.5 Å². The third-order valence-electron chi connectivity index (χ3n) is 5.16. The molecular weight excluding hydrogens is 445 g/mol. The van der Waals surface area contributed by atoms with Gasteiger partial charge in [-0.15, -0.1) is 24.0 Å². The van der Waals surface area contributed by atoms with Gasteiger partial charge in [-0.2, -0.15) is 0 Å². The number of ether oxygens (including phenoxy) is 2. The fraction of sp³-hybridized carbons (Fsp3) is 0.737. The summed E-state index contributed by atoms with van der Waals surface area (Å²) in [7, 11) is 1.70. The van der Waals surface area contributed by atoms with Crippen LogP contribution in [0, 0.1) is 0 Å². The minimum atomic E-state index is 0. The number of guanidine groups is 1. The molecule has 148 valence electrons. The zero-order chi connectivity index (χ0) is 17.4. The molecule has 2 fully saturated rings. The molecule has 0 aromatic carbocycles. The summed E-state index contributed by atoms with van der Waals surface area (Å²) >= 11 is 0. The molecule has 0 amide bonds. The molecule has 1 aromatic heterocycles. The number of furan rings is 1. The number of hydrogen-bond donors (Lipinski definition) is 2. The minimum Gasteiger partial charge on any atom is -0.469 e. The van der Waals surface area contributed by atoms with Crippen LogP contribution in [0.25, 0.3) is 0 Å². The number of halogens is 1. The van der Waals surface area contributed by atoms with Crippen LogP contribution in [0.1, 0.15) is 44.3 Å². The van der Waals surface area contributed by atoms with E-state index in [1.54, 1.807) is 13.4 Å². The van der Waals surface area contributed by atoms with Gasteiger partial charge in [0.1, 0.15) is 5.76 Å². The first-order chi connectivity index (χ1) is 12.3. The molecule has 1 aliphatic carbocycles. The first-order valence-corrected chi connectivity index (χ1v) is 9.50. The van der Waals surface area contributed by atoms with Gasteiger partial charge in [0.15, 0.2) is 5.96 Å². The molecule has 1 saturated carbocycles. The van der Waals surface area contributed by atoms with Gasteiger partial charge >= 0.3 is 0 Å². The summed E-state index contributed by atoms with van der Waals surface area (Å²) in [5, 5.41) is 7.04. The first-order valence-electron chi connectivity index (χ1n) is 9.50. The third-order valence-corrected chi connectivity index (χ3v) is 5.16. The molecule has 2 N–H and O–H groups in total. The summed E-state index contributed by atoms with van der Waals surface area (Å²) in [6.45, 7) is 2.92. The number of methoxy groups -OCH3 is 1. The van der Waals surface area contributed by atoms with E-state index < -0.39 is 0 Å². The van der Waals surface area contributed by atoms with Crippen LogP contribution < -0.4 is 10.6 Å². The second-order valence-electron chi connectivity index (χ2n) is 7.05. The second kappa shape index (κ2) is 11.1. The van der Waals surface area contributed by atoms with Gasteiger partial charge in [-0.05, 0) is 37.8 Å². The highest BCUT2D eigenvalue weighted by Gasteiger charge is 2.40. The summed E-state index contributed by atoms with van der Waals surface area (Å²) in [6.07, 6.45) is 9.66. The molecule has 1 saturated heterocycles. The molecule has 2 heterocycles. The molecule has 1 spiro atoms. The maximum absolute atomic E-state index is 6.13. The summed E-state index contributed by atoms with van der Waals surface area (Å²) in [5.41, 5.74) is 0.113. The van der Waals surface area contributed by atoms with E-state index in [-0.39, 0.29) is 29.6 Å². The van der Waals surface area contributed by atoms with Gasteiger partial charge in [0.2, 0.25) is 0 Å². The van der Waals surface area contributed by atoms with E-state index in [1.807, 2.05) is 12.1 Å². The maximum atomic E-state index is 6.13. The van der Waals surface area contributed by atoms with Crippen molar-refractivity contribution in [2.75, 3.05) is 33.4 Å². The third kappa shape index (κ3) is 6.42. The Morgan fingerprint density at radius 3 is 2.96 bits per heavy atom. The van der Waals surface area contributed by atoms with E-state index in [1.165, 1.54) is 25.7 Å². The van der Waals surface area contributed by atoms with Gasteiger partial charge in [-0.3, -0.25) is 4.99 Å². The van der Waals surface area contributed by atoms with Crippen molar-refractivity contribution < 1.29 is 13.9 Å². The van der Waals surface area contributed by atoms with E-state index >= 15 is 0 Å². The summed E-state index contributed by atoms with van der Waals surface area (Å²) in [5.74, 6) is 1.85. The molecule has 1 aromatic rings. The highest BCUT2D eigenvalue weighted by Crippen LogP contribution is 2.39. The van der Waals surface area contributed by atoms with E-state index in [9.17, 15) is 0 Å². The van der Waals surface area contributed by atoms with Gasteiger partial charge in [-0.25, -0.2) is 0 Å². The fourth-order valence-corrected chi connectivity index (χ4v) is 3.87. The molecule has 2 aliphatic rings. The van der Waals surface area contributed by atoms with Crippen LogP contribution >= 0.6 is 24.0 Å². The molecule has 6 nitrogen and oxygen atoms in total. The van der Waals surface area contributed by atoms with Crippen molar-refractivity contribution in [3.8, 4) is 0 Å². The van der Waals surface area contributed by atoms with Crippen molar-refractivity contribution >= 4 is 29.9 Å². The highest BCUT2D eigenvalue weighted by atomic mass is 127. The minimum absolute atomic E-state index is 0. The summed E-state index contributed by atoms with van der Waals surface area (Å²) in [6, 6.07) is 4.34. The summed E-state index contributed by atoms with van der Waals surface area (Å²) < 4.78 is 16.6. The van der Waals surface area contributed by atoms with Crippen LogP contribution in [0.2, 0.25) is 0 Å². The van der Waals surface area contributed by atoms with E-state index in [0.29, 0.717) is 19.2 Å². The smallest absolute Gasteiger partial charge is 0.191 e. The average molecular weight is 477 g/mol. The predicted molar refractivity (Wildman–Crippen MR) is 113 cm³/mol. The Bertz CT molecular complexity index is 530. The lowest BCUT2D eigenvalue weighted by atomic mass is 9.89. The number of nitrogens with zero attached hydrogens (tertiary/aromatic N) is 1. The Labute approximate surface area is 173 Å². The van der Waals surface area contributed by atoms with Crippen LogP contribution in [-0.2, 0) is 15.9 Å². The Hall–Kier alpha value is -0.800. The van der Waals surface area contributed by atoms with E-state index in [4.69, 9.17) is 13.9 Å². The van der Waals surface area contributed by atoms with Crippen molar-refractivity contribution in [3.05, 3.63) is 24.2 Å². The lowest BCUT2D eigenvalue weighted by Crippen LogP contribution is -2.51. The average Bonchev–Trinajstić information content (AvgIpc) is 3.28. The Balaban J connectivity index is 0.00000243. The van der Waals surface area contributed by atoms with E-state index in [2.05, 4.69) is 15.6 Å². The number of rotatable bonds is 7. The normalized spacial score (nSPS) is 22.2. The van der Waals surface area contributed by atoms with E-state index in [0.717, 1.165) is 44.1 Å². The molecule has 26 heavy (non-hydrogen) atoms. The molecule has 0 bridgehead atoms. The van der Waals surface area contributed by atoms with Crippen molar-refractivity contribution in [3.63, 3.8) is 0 Å². The number of aliphatic imine (C=N–C) groups is 1. The number of hydrogen-bond acceptors (Lipinski definition) is 4. The topological polar surface area (TPSA) is 68.0 Å². The Kier molecular flexibility index (Phi) is 9.21. The standard InChI is InChI=1S/C19H31N3O3.HI/c1-23-14-11-21-18(20-10-6-17-5-4-12-24-17)22-16-7-13-25-19(15-16)8-2-3-9-19;/h4-5,12,16H,2-3,6-11,13-15H2,1H3,(H2,20,21,22);1H. The van der Waals surface area contributed by atoms with Crippen molar-refractivity contribution in [2.45, 2.75) is 56.6 Å². The second-order valence-corrected chi connectivity index (χ2v) is 7.05. The lowest BCUT2D eigenvalue weighted by molar-refractivity contribution is -0.0815. The molecule has 0 radical (unpaired) electrons. The molecule has 1 unspecified atom stereocenters. The monoisotopic (exact) mass is 477 g/mol. The van der Waals surface area contributed by atoms with Gasteiger partial charge in [0, 0.05) is 32.7 Å². The van der Waals surface area contributed by atoms with Crippen LogP contribution in [0.4, 0.5) is 0 Å². The summed E-state index contributed by atoms with van der Waals surface area (Å²) in [4.78, 5) is 4.64. The largest absolute Gasteiger partial charge is 0.469 e. The Morgan fingerprint density at radius 1 is 1.38 bits per heavy atom. The van der Waals surface area contributed by atoms with Crippen molar-refractivity contribution in [1.29, 1.82) is 0 Å². The van der Waals surface area contributed by atoms with Crippen molar-refractivity contribution in [1.82, 2.24) is 10.6 Å². The zero-order valence-corrected chi connectivity index (χ0v) is 18.0. The number of nitrogens with one attached hydrogen (secondary N) is 2. The highest BCUT2D eigenvalue weighted by molar-refractivity contribution is 14.0.